The molecule has 0 atom stereocenters. The van der Waals surface area contributed by atoms with Crippen molar-refractivity contribution in [2.75, 3.05) is 24.9 Å². The summed E-state index contributed by atoms with van der Waals surface area (Å²) < 4.78 is 27.3. The van der Waals surface area contributed by atoms with Gasteiger partial charge in [-0.3, -0.25) is 9.10 Å². The quantitative estimate of drug-likeness (QED) is 0.552. The van der Waals surface area contributed by atoms with E-state index in [4.69, 9.17) is 0 Å². The van der Waals surface area contributed by atoms with Crippen molar-refractivity contribution in [2.45, 2.75) is 18.7 Å². The van der Waals surface area contributed by atoms with Gasteiger partial charge in [-0.1, -0.05) is 29.8 Å². The summed E-state index contributed by atoms with van der Waals surface area (Å²) in [4.78, 5) is 14.3. The van der Waals surface area contributed by atoms with Crippen LogP contribution in [-0.4, -0.2) is 39.7 Å². The molecule has 0 aliphatic heterocycles. The zero-order chi connectivity index (χ0) is 19.3. The molecule has 138 valence electrons. The van der Waals surface area contributed by atoms with E-state index < -0.39 is 10.0 Å². The number of carbonyl (C=O) groups excluding carboxylic acids is 1. The minimum absolute atomic E-state index is 0.177. The van der Waals surface area contributed by atoms with Crippen molar-refractivity contribution in [3.05, 3.63) is 71.9 Å². The Kier molecular flexibility index (Phi) is 6.21. The Hall–Kier alpha value is -2.60. The fourth-order valence-electron chi connectivity index (χ4n) is 2.46. The highest BCUT2D eigenvalue weighted by Crippen LogP contribution is 2.25. The summed E-state index contributed by atoms with van der Waals surface area (Å²) in [5, 5.41) is 0. The van der Waals surface area contributed by atoms with Crippen molar-refractivity contribution in [1.29, 1.82) is 0 Å². The average Bonchev–Trinajstić information content (AvgIpc) is 2.60. The van der Waals surface area contributed by atoms with Gasteiger partial charge in [-0.2, -0.15) is 0 Å². The van der Waals surface area contributed by atoms with Crippen LogP contribution in [0.2, 0.25) is 0 Å². The van der Waals surface area contributed by atoms with Gasteiger partial charge < -0.3 is 4.90 Å². The molecule has 0 fully saturated rings. The van der Waals surface area contributed by atoms with E-state index in [2.05, 4.69) is 0 Å². The molecule has 2 aromatic rings. The molecular weight excluding hydrogens is 348 g/mol. The first-order valence-corrected chi connectivity index (χ1v) is 9.78. The Balaban J connectivity index is 2.40. The molecule has 0 aromatic heterocycles. The third-order valence-electron chi connectivity index (χ3n) is 3.84. The first-order valence-electron chi connectivity index (χ1n) is 8.34. The molecule has 0 saturated heterocycles. The van der Waals surface area contributed by atoms with E-state index in [0.29, 0.717) is 11.3 Å². The van der Waals surface area contributed by atoms with Crippen molar-refractivity contribution in [1.82, 2.24) is 4.90 Å². The smallest absolute Gasteiger partial charge is 0.264 e. The van der Waals surface area contributed by atoms with Gasteiger partial charge in [0.2, 0.25) is 0 Å². The maximum absolute atomic E-state index is 13.0. The van der Waals surface area contributed by atoms with Crippen LogP contribution in [0, 0.1) is 6.92 Å². The number of anilines is 1. The van der Waals surface area contributed by atoms with Crippen molar-refractivity contribution in [3.8, 4) is 0 Å². The Morgan fingerprint density at radius 3 is 2.31 bits per heavy atom. The summed E-state index contributed by atoms with van der Waals surface area (Å²) in [6.07, 6.45) is 3.12. The van der Waals surface area contributed by atoms with Crippen LogP contribution in [0.1, 0.15) is 22.8 Å². The molecule has 2 aromatic carbocycles. The van der Waals surface area contributed by atoms with Crippen LogP contribution in [-0.2, 0) is 10.0 Å². The second-order valence-electron chi connectivity index (χ2n) is 6.18. The third kappa shape index (κ3) is 4.52. The van der Waals surface area contributed by atoms with Crippen LogP contribution >= 0.6 is 0 Å². The van der Waals surface area contributed by atoms with E-state index in [0.717, 1.165) is 5.56 Å². The van der Waals surface area contributed by atoms with Gasteiger partial charge in [-0.15, -0.1) is 0 Å². The number of allylic oxidation sites excluding steroid dienone is 1. The number of benzene rings is 2. The highest BCUT2D eigenvalue weighted by molar-refractivity contribution is 7.92. The van der Waals surface area contributed by atoms with Gasteiger partial charge in [0.25, 0.3) is 10.0 Å². The van der Waals surface area contributed by atoms with Crippen molar-refractivity contribution in [2.24, 2.45) is 0 Å². The SMILES string of the molecule is CCN(c1cccc(C(=O)C=CN(C)C)c1)S(=O)(=O)c1ccc(C)cc1. The number of aryl methyl sites for hydroxylation is 1. The van der Waals surface area contributed by atoms with Crippen LogP contribution in [0.25, 0.3) is 0 Å². The van der Waals surface area contributed by atoms with Crippen LogP contribution in [0.4, 0.5) is 5.69 Å². The molecule has 6 heteroatoms. The number of sulfonamides is 1. The first-order chi connectivity index (χ1) is 12.3. The van der Waals surface area contributed by atoms with E-state index in [1.807, 2.05) is 21.0 Å². The topological polar surface area (TPSA) is 57.7 Å². The third-order valence-corrected chi connectivity index (χ3v) is 5.76. The number of hydrogen-bond acceptors (Lipinski definition) is 4. The maximum Gasteiger partial charge on any atom is 0.264 e. The summed E-state index contributed by atoms with van der Waals surface area (Å²) in [5.41, 5.74) is 1.91. The van der Waals surface area contributed by atoms with Gasteiger partial charge in [-0.25, -0.2) is 8.42 Å². The van der Waals surface area contributed by atoms with E-state index >= 15 is 0 Å². The molecule has 0 heterocycles. The molecule has 0 radical (unpaired) electrons. The molecule has 2 rings (SSSR count). The zero-order valence-corrected chi connectivity index (χ0v) is 16.3. The standard InChI is InChI=1S/C20H24N2O3S/c1-5-22(26(24,25)19-11-9-16(2)10-12-19)18-8-6-7-17(15-18)20(23)13-14-21(3)4/h6-15H,5H2,1-4H3. The fourth-order valence-corrected chi connectivity index (χ4v) is 3.92. The lowest BCUT2D eigenvalue weighted by atomic mass is 10.1. The maximum atomic E-state index is 13.0. The summed E-state index contributed by atoms with van der Waals surface area (Å²) in [5.74, 6) is -0.177. The van der Waals surface area contributed by atoms with Gasteiger partial charge in [-0.05, 0) is 38.1 Å². The lowest BCUT2D eigenvalue weighted by Gasteiger charge is -2.23. The monoisotopic (exact) mass is 372 g/mol. The first kappa shape index (κ1) is 19.7. The van der Waals surface area contributed by atoms with Crippen LogP contribution < -0.4 is 4.31 Å². The Morgan fingerprint density at radius 2 is 1.73 bits per heavy atom. The summed E-state index contributed by atoms with van der Waals surface area (Å²) >= 11 is 0. The van der Waals surface area contributed by atoms with Gasteiger partial charge in [0.05, 0.1) is 10.6 Å². The molecule has 0 bridgehead atoms. The van der Waals surface area contributed by atoms with Gasteiger partial charge >= 0.3 is 0 Å². The van der Waals surface area contributed by atoms with E-state index in [1.54, 1.807) is 66.6 Å². The second kappa shape index (κ2) is 8.19. The lowest BCUT2D eigenvalue weighted by Crippen LogP contribution is -2.30. The molecule has 5 nitrogen and oxygen atoms in total. The number of rotatable bonds is 7. The Labute approximate surface area is 155 Å². The van der Waals surface area contributed by atoms with Crippen molar-refractivity contribution < 1.29 is 13.2 Å². The minimum Gasteiger partial charge on any atom is -0.383 e. The molecule has 0 spiro atoms. The Bertz CT molecular complexity index is 901. The summed E-state index contributed by atoms with van der Waals surface area (Å²) in [6, 6.07) is 13.4. The predicted octanol–water partition coefficient (Wildman–Crippen LogP) is 3.47. The number of carbonyl (C=O) groups is 1. The number of nitrogens with zero attached hydrogens (tertiary/aromatic N) is 2. The molecular formula is C20H24N2O3S. The van der Waals surface area contributed by atoms with Crippen LogP contribution in [0.15, 0.2) is 65.7 Å². The second-order valence-corrected chi connectivity index (χ2v) is 8.04. The molecule has 0 saturated carbocycles. The number of ketones is 1. The van der Waals surface area contributed by atoms with E-state index in [9.17, 15) is 13.2 Å². The molecule has 26 heavy (non-hydrogen) atoms. The largest absolute Gasteiger partial charge is 0.383 e. The van der Waals surface area contributed by atoms with Gasteiger partial charge in [0.15, 0.2) is 5.78 Å². The fraction of sp³-hybridized carbons (Fsp3) is 0.250. The highest BCUT2D eigenvalue weighted by Gasteiger charge is 2.23. The van der Waals surface area contributed by atoms with Gasteiger partial charge in [0.1, 0.15) is 0 Å². The molecule has 0 aliphatic carbocycles. The van der Waals surface area contributed by atoms with E-state index in [-0.39, 0.29) is 17.2 Å². The molecule has 0 N–H and O–H groups in total. The average molecular weight is 372 g/mol. The zero-order valence-electron chi connectivity index (χ0n) is 15.5. The molecule has 0 unspecified atom stereocenters. The predicted molar refractivity (Wildman–Crippen MR) is 105 cm³/mol. The molecule has 0 amide bonds. The number of hydrogen-bond donors (Lipinski definition) is 0. The van der Waals surface area contributed by atoms with E-state index in [1.165, 1.54) is 10.4 Å². The van der Waals surface area contributed by atoms with Crippen molar-refractivity contribution >= 4 is 21.5 Å². The summed E-state index contributed by atoms with van der Waals surface area (Å²) in [7, 11) is -0.0402. The van der Waals surface area contributed by atoms with Crippen LogP contribution in [0.3, 0.4) is 0 Å². The normalized spacial score (nSPS) is 11.5. The summed E-state index contributed by atoms with van der Waals surface area (Å²) in [6.45, 7) is 3.94. The van der Waals surface area contributed by atoms with Crippen LogP contribution in [0.5, 0.6) is 0 Å². The molecule has 0 aliphatic rings. The van der Waals surface area contributed by atoms with Gasteiger partial charge in [0, 0.05) is 38.5 Å². The lowest BCUT2D eigenvalue weighted by molar-refractivity contribution is 0.104. The Morgan fingerprint density at radius 1 is 1.08 bits per heavy atom. The van der Waals surface area contributed by atoms with Crippen molar-refractivity contribution in [3.63, 3.8) is 0 Å². The minimum atomic E-state index is -3.69. The highest BCUT2D eigenvalue weighted by atomic mass is 32.2.